The molecule has 1 rings (SSSR count). The number of hydrogen-bond acceptors (Lipinski definition) is 2. The molecule has 0 unspecified atom stereocenters. The summed E-state index contributed by atoms with van der Waals surface area (Å²) in [5, 5.41) is 0.376. The molecule has 2 nitrogen and oxygen atoms in total. The van der Waals surface area contributed by atoms with Gasteiger partial charge >= 0.3 is 0 Å². The molecule has 2 N–H and O–H groups in total. The van der Waals surface area contributed by atoms with Gasteiger partial charge in [-0.3, -0.25) is 0 Å². The molecule has 0 aliphatic carbocycles. The first-order valence-electron chi connectivity index (χ1n) is 2.58. The highest BCUT2D eigenvalue weighted by Crippen LogP contribution is 2.10. The Balaban J connectivity index is 3.17. The van der Waals surface area contributed by atoms with E-state index in [1.807, 2.05) is 7.85 Å². The van der Waals surface area contributed by atoms with Gasteiger partial charge in [-0.05, 0) is 6.07 Å². The fraction of sp³-hybridized carbons (Fsp3) is 0. The summed E-state index contributed by atoms with van der Waals surface area (Å²) in [5.41, 5.74) is 6.99. The van der Waals surface area contributed by atoms with Gasteiger partial charge in [0.25, 0.3) is 0 Å². The Bertz CT molecular complexity index is 226. The molecule has 0 spiro atoms. The van der Waals surface area contributed by atoms with Crippen LogP contribution in [0.3, 0.4) is 0 Å². The highest BCUT2D eigenvalue weighted by atomic mass is 35.5. The number of nitrogens with two attached hydrogens (primary N) is 1. The first-order chi connectivity index (χ1) is 4.20. The summed E-state index contributed by atoms with van der Waals surface area (Å²) in [6, 6.07) is 1.79. The zero-order valence-corrected chi connectivity index (χ0v) is 5.81. The lowest BCUT2D eigenvalue weighted by Crippen LogP contribution is -2.04. The molecule has 1 heterocycles. The van der Waals surface area contributed by atoms with E-state index in [0.29, 0.717) is 10.8 Å². The van der Waals surface area contributed by atoms with Gasteiger partial charge in [0.15, 0.2) is 5.15 Å². The Hall–Kier alpha value is -0.695. The second-order valence-corrected chi connectivity index (χ2v) is 2.25. The van der Waals surface area contributed by atoms with Crippen molar-refractivity contribution in [1.82, 2.24) is 4.98 Å². The van der Waals surface area contributed by atoms with Gasteiger partial charge in [0.1, 0.15) is 7.85 Å². The first-order valence-corrected chi connectivity index (χ1v) is 2.95. The zero-order chi connectivity index (χ0) is 6.85. The zero-order valence-electron chi connectivity index (χ0n) is 5.06. The van der Waals surface area contributed by atoms with Gasteiger partial charge in [-0.15, -0.1) is 0 Å². The van der Waals surface area contributed by atoms with Crippen LogP contribution in [0.4, 0.5) is 5.69 Å². The van der Waals surface area contributed by atoms with Crippen LogP contribution in [-0.4, -0.2) is 12.8 Å². The number of nitrogens with zero attached hydrogens (tertiary/aromatic N) is 1. The van der Waals surface area contributed by atoms with Gasteiger partial charge in [0, 0.05) is 6.20 Å². The quantitative estimate of drug-likeness (QED) is 0.392. The van der Waals surface area contributed by atoms with Gasteiger partial charge in [-0.2, -0.15) is 0 Å². The van der Waals surface area contributed by atoms with Gasteiger partial charge in [-0.1, -0.05) is 17.1 Å². The normalized spacial score (nSPS) is 9.44. The number of nitrogen functional groups attached to an aromatic ring is 1. The molecule has 1 aromatic heterocycles. The van der Waals surface area contributed by atoms with Crippen molar-refractivity contribution in [2.45, 2.75) is 0 Å². The predicted molar refractivity (Wildman–Crippen MR) is 41.8 cm³/mol. The molecule has 0 fully saturated rings. The number of halogens is 1. The number of anilines is 1. The SMILES string of the molecule is Bc1cnc(Cl)c(N)c1. The Kier molecular flexibility index (Phi) is 1.62. The Labute approximate surface area is 59.4 Å². The molecule has 0 radical (unpaired) electrons. The standard InChI is InChI=1S/C5H6BClN2/c6-3-1-4(8)5(7)9-2-3/h1-2H,6,8H2. The maximum atomic E-state index is 5.54. The summed E-state index contributed by atoms with van der Waals surface area (Å²) >= 11 is 5.54. The van der Waals surface area contributed by atoms with Crippen LogP contribution in [0, 0.1) is 0 Å². The lowest BCUT2D eigenvalue weighted by Gasteiger charge is -1.95. The Morgan fingerprint density at radius 3 is 2.78 bits per heavy atom. The second-order valence-electron chi connectivity index (χ2n) is 1.89. The van der Waals surface area contributed by atoms with Gasteiger partial charge in [0.05, 0.1) is 5.69 Å². The second kappa shape index (κ2) is 2.27. The van der Waals surface area contributed by atoms with Crippen molar-refractivity contribution < 1.29 is 0 Å². The van der Waals surface area contributed by atoms with Crippen LogP contribution in [0.5, 0.6) is 0 Å². The molecule has 4 heteroatoms. The third kappa shape index (κ3) is 1.36. The minimum atomic E-state index is 0.376. The van der Waals surface area contributed by atoms with E-state index in [1.54, 1.807) is 12.3 Å². The lowest BCUT2D eigenvalue weighted by molar-refractivity contribution is 1.35. The molecule has 0 aliphatic rings. The highest BCUT2D eigenvalue weighted by molar-refractivity contribution is 6.35. The fourth-order valence-corrected chi connectivity index (χ4v) is 0.678. The van der Waals surface area contributed by atoms with E-state index in [-0.39, 0.29) is 0 Å². The van der Waals surface area contributed by atoms with E-state index in [1.165, 1.54) is 0 Å². The van der Waals surface area contributed by atoms with Crippen molar-refractivity contribution in [2.75, 3.05) is 5.73 Å². The van der Waals surface area contributed by atoms with Crippen molar-refractivity contribution in [3.63, 3.8) is 0 Å². The molecule has 1 aromatic rings. The minimum absolute atomic E-state index is 0.376. The topological polar surface area (TPSA) is 38.9 Å². The van der Waals surface area contributed by atoms with Crippen LogP contribution in [-0.2, 0) is 0 Å². The van der Waals surface area contributed by atoms with E-state index >= 15 is 0 Å². The van der Waals surface area contributed by atoms with Gasteiger partial charge < -0.3 is 5.73 Å². The number of pyridine rings is 1. The van der Waals surface area contributed by atoms with Crippen LogP contribution in [0.25, 0.3) is 0 Å². The highest BCUT2D eigenvalue weighted by Gasteiger charge is 1.93. The maximum absolute atomic E-state index is 5.54. The number of hydrogen-bond donors (Lipinski definition) is 1. The van der Waals surface area contributed by atoms with E-state index < -0.39 is 0 Å². The van der Waals surface area contributed by atoms with Gasteiger partial charge in [-0.25, -0.2) is 4.98 Å². The third-order valence-corrected chi connectivity index (χ3v) is 1.32. The van der Waals surface area contributed by atoms with Crippen LogP contribution in [0.1, 0.15) is 0 Å². The third-order valence-electron chi connectivity index (χ3n) is 1.00. The lowest BCUT2D eigenvalue weighted by atomic mass is 9.99. The van der Waals surface area contributed by atoms with Crippen molar-refractivity contribution >= 4 is 30.6 Å². The number of aromatic nitrogens is 1. The Morgan fingerprint density at radius 1 is 1.67 bits per heavy atom. The van der Waals surface area contributed by atoms with Crippen molar-refractivity contribution in [1.29, 1.82) is 0 Å². The molecule has 46 valence electrons. The van der Waals surface area contributed by atoms with Crippen LogP contribution in [0.15, 0.2) is 12.3 Å². The molecular formula is C5H6BClN2. The molecule has 0 amide bonds. The summed E-state index contributed by atoms with van der Waals surface area (Å²) < 4.78 is 0. The average molecular weight is 140 g/mol. The van der Waals surface area contributed by atoms with Crippen molar-refractivity contribution in [3.05, 3.63) is 17.4 Å². The smallest absolute Gasteiger partial charge is 0.151 e. The molecule has 0 aliphatic heterocycles. The monoisotopic (exact) mass is 140 g/mol. The molecule has 0 saturated heterocycles. The molecule has 0 bridgehead atoms. The molecule has 0 aromatic carbocycles. The van der Waals surface area contributed by atoms with Crippen LogP contribution in [0.2, 0.25) is 5.15 Å². The molecular weight excluding hydrogens is 134 g/mol. The van der Waals surface area contributed by atoms with E-state index in [0.717, 1.165) is 5.46 Å². The van der Waals surface area contributed by atoms with Crippen LogP contribution < -0.4 is 11.2 Å². The van der Waals surface area contributed by atoms with Crippen LogP contribution >= 0.6 is 11.6 Å². The Morgan fingerprint density at radius 2 is 2.33 bits per heavy atom. The molecule has 9 heavy (non-hydrogen) atoms. The maximum Gasteiger partial charge on any atom is 0.151 e. The summed E-state index contributed by atoms with van der Waals surface area (Å²) in [7, 11) is 1.92. The summed E-state index contributed by atoms with van der Waals surface area (Å²) in [4.78, 5) is 3.82. The van der Waals surface area contributed by atoms with E-state index in [9.17, 15) is 0 Å². The minimum Gasteiger partial charge on any atom is -0.396 e. The molecule has 0 saturated carbocycles. The predicted octanol–water partition coefficient (Wildman–Crippen LogP) is -0.424. The molecule has 0 atom stereocenters. The number of rotatable bonds is 0. The first kappa shape index (κ1) is 6.43. The van der Waals surface area contributed by atoms with Crippen molar-refractivity contribution in [3.8, 4) is 0 Å². The van der Waals surface area contributed by atoms with E-state index in [2.05, 4.69) is 4.98 Å². The van der Waals surface area contributed by atoms with Gasteiger partial charge in [0.2, 0.25) is 0 Å². The summed E-state index contributed by atoms with van der Waals surface area (Å²) in [6.45, 7) is 0. The van der Waals surface area contributed by atoms with E-state index in [4.69, 9.17) is 17.3 Å². The van der Waals surface area contributed by atoms with Crippen molar-refractivity contribution in [2.24, 2.45) is 0 Å². The summed E-state index contributed by atoms with van der Waals surface area (Å²) in [6.07, 6.45) is 1.68. The summed E-state index contributed by atoms with van der Waals surface area (Å²) in [5.74, 6) is 0. The fourth-order valence-electron chi connectivity index (χ4n) is 0.575. The largest absolute Gasteiger partial charge is 0.396 e. The average Bonchev–Trinajstić information content (AvgIpc) is 1.80.